The summed E-state index contributed by atoms with van der Waals surface area (Å²) >= 11 is 0. The fraction of sp³-hybridized carbons (Fsp3) is 0.769. The molecule has 2 heterocycles. The second-order valence-electron chi connectivity index (χ2n) is 5.79. The maximum absolute atomic E-state index is 12.6. The van der Waals surface area contributed by atoms with E-state index in [0.29, 0.717) is 0 Å². The summed E-state index contributed by atoms with van der Waals surface area (Å²) in [4.78, 5) is 14.8. The Balaban J connectivity index is 2.01. The second kappa shape index (κ2) is 5.88. The molecule has 1 fully saturated rings. The predicted octanol–water partition coefficient (Wildman–Crippen LogP) is -0.324. The van der Waals surface area contributed by atoms with Gasteiger partial charge in [0, 0.05) is 33.2 Å². The van der Waals surface area contributed by atoms with E-state index < -0.39 is 5.54 Å². The first-order valence-corrected chi connectivity index (χ1v) is 7.03. The molecule has 2 rings (SSSR count). The summed E-state index contributed by atoms with van der Waals surface area (Å²) < 4.78 is 1.82. The predicted molar refractivity (Wildman–Crippen MR) is 76.1 cm³/mol. The lowest BCUT2D eigenvalue weighted by Crippen LogP contribution is -2.60. The molecule has 1 aromatic rings. The minimum Gasteiger partial charge on any atom is -0.345 e. The highest BCUT2D eigenvalue weighted by Gasteiger charge is 2.36. The largest absolute Gasteiger partial charge is 0.345 e. The van der Waals surface area contributed by atoms with Crippen LogP contribution in [0.2, 0.25) is 0 Å². The summed E-state index contributed by atoms with van der Waals surface area (Å²) in [6, 6.07) is -0.155. The van der Waals surface area contributed by atoms with Gasteiger partial charge in [0.1, 0.15) is 6.33 Å². The normalized spacial score (nSPS) is 18.8. The molecule has 0 radical (unpaired) electrons. The molecule has 0 spiro atoms. The van der Waals surface area contributed by atoms with Crippen molar-refractivity contribution in [3.63, 3.8) is 0 Å². The van der Waals surface area contributed by atoms with Gasteiger partial charge in [-0.15, -0.1) is 10.2 Å². The summed E-state index contributed by atoms with van der Waals surface area (Å²) in [6.07, 6.45) is 1.64. The molecule has 1 aliphatic heterocycles. The number of hydrogen-bond donors (Lipinski definition) is 2. The van der Waals surface area contributed by atoms with Crippen molar-refractivity contribution in [3.8, 4) is 0 Å². The Kier molecular flexibility index (Phi) is 4.39. The van der Waals surface area contributed by atoms with Crippen molar-refractivity contribution in [1.29, 1.82) is 0 Å². The molecule has 1 saturated heterocycles. The topological polar surface area (TPSA) is 75.1 Å². The number of aryl methyl sites for hydroxylation is 1. The van der Waals surface area contributed by atoms with Gasteiger partial charge in [-0.05, 0) is 20.8 Å². The zero-order chi connectivity index (χ0) is 14.8. The van der Waals surface area contributed by atoms with E-state index in [1.807, 2.05) is 32.4 Å². The number of aromatic nitrogens is 3. The molecule has 0 aliphatic carbocycles. The molecule has 1 aliphatic rings. The average molecular weight is 280 g/mol. The molecule has 0 aromatic carbocycles. The first-order chi connectivity index (χ1) is 9.43. The van der Waals surface area contributed by atoms with E-state index in [4.69, 9.17) is 0 Å². The Morgan fingerprint density at radius 3 is 2.65 bits per heavy atom. The molecule has 2 N–H and O–H groups in total. The van der Waals surface area contributed by atoms with Crippen molar-refractivity contribution in [2.45, 2.75) is 32.4 Å². The molecule has 1 atom stereocenters. The van der Waals surface area contributed by atoms with E-state index in [1.54, 1.807) is 6.33 Å². The molecule has 1 unspecified atom stereocenters. The van der Waals surface area contributed by atoms with Crippen LogP contribution in [0.3, 0.4) is 0 Å². The van der Waals surface area contributed by atoms with Crippen molar-refractivity contribution in [1.82, 2.24) is 30.3 Å². The Hall–Kier alpha value is -1.47. The van der Waals surface area contributed by atoms with Gasteiger partial charge >= 0.3 is 0 Å². The maximum atomic E-state index is 12.6. The SMILES string of the molecule is CC(NC(=O)C(C)(C)N1CCNCC1)c1nncn1C. The third-order valence-corrected chi connectivity index (χ3v) is 3.94. The molecule has 0 saturated carbocycles. The monoisotopic (exact) mass is 280 g/mol. The zero-order valence-electron chi connectivity index (χ0n) is 12.7. The van der Waals surface area contributed by atoms with Crippen molar-refractivity contribution < 1.29 is 4.79 Å². The van der Waals surface area contributed by atoms with Gasteiger partial charge in [0.25, 0.3) is 0 Å². The van der Waals surface area contributed by atoms with Gasteiger partial charge < -0.3 is 15.2 Å². The molecule has 20 heavy (non-hydrogen) atoms. The van der Waals surface area contributed by atoms with Gasteiger partial charge in [-0.1, -0.05) is 0 Å². The van der Waals surface area contributed by atoms with Crippen LogP contribution in [-0.2, 0) is 11.8 Å². The number of hydrogen-bond acceptors (Lipinski definition) is 5. The standard InChI is InChI=1S/C13H24N6O/c1-10(11-17-15-9-18(11)4)16-12(20)13(2,3)19-7-5-14-6-8-19/h9-10,14H,5-8H2,1-4H3,(H,16,20). The van der Waals surface area contributed by atoms with Crippen LogP contribution in [0.25, 0.3) is 0 Å². The van der Waals surface area contributed by atoms with Crippen LogP contribution in [-0.4, -0.2) is 57.3 Å². The summed E-state index contributed by atoms with van der Waals surface area (Å²) in [6.45, 7) is 9.49. The van der Waals surface area contributed by atoms with Gasteiger partial charge in [-0.3, -0.25) is 9.69 Å². The number of nitrogens with zero attached hydrogens (tertiary/aromatic N) is 4. The Bertz CT molecular complexity index is 463. The lowest BCUT2D eigenvalue weighted by molar-refractivity contribution is -0.132. The minimum atomic E-state index is -0.519. The summed E-state index contributed by atoms with van der Waals surface area (Å²) in [5.74, 6) is 0.782. The van der Waals surface area contributed by atoms with Crippen LogP contribution in [0, 0.1) is 0 Å². The molecule has 7 nitrogen and oxygen atoms in total. The highest BCUT2D eigenvalue weighted by Crippen LogP contribution is 2.17. The Labute approximate surface area is 119 Å². The fourth-order valence-electron chi connectivity index (χ4n) is 2.49. The van der Waals surface area contributed by atoms with Gasteiger partial charge in [0.2, 0.25) is 5.91 Å². The highest BCUT2D eigenvalue weighted by atomic mass is 16.2. The minimum absolute atomic E-state index is 0.0231. The lowest BCUT2D eigenvalue weighted by atomic mass is 10.00. The third-order valence-electron chi connectivity index (χ3n) is 3.94. The Morgan fingerprint density at radius 2 is 2.10 bits per heavy atom. The first kappa shape index (κ1) is 14.9. The van der Waals surface area contributed by atoms with Crippen molar-refractivity contribution in [3.05, 3.63) is 12.2 Å². The molecular weight excluding hydrogens is 256 g/mol. The molecule has 1 aromatic heterocycles. The van der Waals surface area contributed by atoms with Crippen LogP contribution in [0.4, 0.5) is 0 Å². The highest BCUT2D eigenvalue weighted by molar-refractivity contribution is 5.85. The van der Waals surface area contributed by atoms with Crippen molar-refractivity contribution in [2.24, 2.45) is 7.05 Å². The molecule has 0 bridgehead atoms. The molecule has 112 valence electrons. The van der Waals surface area contributed by atoms with Gasteiger partial charge in [0.05, 0.1) is 11.6 Å². The lowest BCUT2D eigenvalue weighted by Gasteiger charge is -2.40. The number of piperazine rings is 1. The van der Waals surface area contributed by atoms with Crippen molar-refractivity contribution in [2.75, 3.05) is 26.2 Å². The first-order valence-electron chi connectivity index (χ1n) is 7.03. The summed E-state index contributed by atoms with van der Waals surface area (Å²) in [5, 5.41) is 14.2. The van der Waals surface area contributed by atoms with Crippen LogP contribution >= 0.6 is 0 Å². The average Bonchev–Trinajstić information content (AvgIpc) is 2.86. The van der Waals surface area contributed by atoms with E-state index in [9.17, 15) is 4.79 Å². The smallest absolute Gasteiger partial charge is 0.240 e. The van der Waals surface area contributed by atoms with Gasteiger partial charge in [0.15, 0.2) is 5.82 Å². The molecule has 7 heteroatoms. The van der Waals surface area contributed by atoms with Gasteiger partial charge in [-0.2, -0.15) is 0 Å². The van der Waals surface area contributed by atoms with E-state index in [0.717, 1.165) is 32.0 Å². The number of rotatable bonds is 4. The van der Waals surface area contributed by atoms with E-state index in [2.05, 4.69) is 25.7 Å². The van der Waals surface area contributed by atoms with Crippen LogP contribution in [0.1, 0.15) is 32.6 Å². The summed E-state index contributed by atoms with van der Waals surface area (Å²) in [7, 11) is 1.87. The maximum Gasteiger partial charge on any atom is 0.240 e. The third kappa shape index (κ3) is 2.99. The van der Waals surface area contributed by atoms with Gasteiger partial charge in [-0.25, -0.2) is 0 Å². The number of amides is 1. The summed E-state index contributed by atoms with van der Waals surface area (Å²) in [5.41, 5.74) is -0.519. The molecule has 1 amide bonds. The number of nitrogens with one attached hydrogen (secondary N) is 2. The number of carbonyl (C=O) groups is 1. The van der Waals surface area contributed by atoms with E-state index >= 15 is 0 Å². The zero-order valence-corrected chi connectivity index (χ0v) is 12.7. The van der Waals surface area contributed by atoms with E-state index in [-0.39, 0.29) is 11.9 Å². The van der Waals surface area contributed by atoms with Crippen LogP contribution in [0.5, 0.6) is 0 Å². The van der Waals surface area contributed by atoms with Crippen LogP contribution < -0.4 is 10.6 Å². The molecular formula is C13H24N6O. The fourth-order valence-corrected chi connectivity index (χ4v) is 2.49. The van der Waals surface area contributed by atoms with Crippen molar-refractivity contribution >= 4 is 5.91 Å². The number of carbonyl (C=O) groups excluding carboxylic acids is 1. The second-order valence-corrected chi connectivity index (χ2v) is 5.79. The quantitative estimate of drug-likeness (QED) is 0.790. The Morgan fingerprint density at radius 1 is 1.45 bits per heavy atom. The van der Waals surface area contributed by atoms with E-state index in [1.165, 1.54) is 0 Å². The van der Waals surface area contributed by atoms with Crippen LogP contribution in [0.15, 0.2) is 6.33 Å².